The van der Waals surface area contributed by atoms with Gasteiger partial charge in [0.05, 0.1) is 11.1 Å². The average molecular weight is 423 g/mol. The van der Waals surface area contributed by atoms with Crippen molar-refractivity contribution in [3.05, 3.63) is 54.1 Å². The highest BCUT2D eigenvalue weighted by atomic mass is 32.2. The molecule has 1 saturated heterocycles. The molecule has 0 amide bonds. The van der Waals surface area contributed by atoms with Crippen LogP contribution in [0.15, 0.2) is 53.4 Å². The Kier molecular flexibility index (Phi) is 5.28. The number of rotatable bonds is 4. The summed E-state index contributed by atoms with van der Waals surface area (Å²) in [5.41, 5.74) is 0.772. The third-order valence-electron chi connectivity index (χ3n) is 5.30. The Morgan fingerprint density at radius 1 is 1.00 bits per heavy atom. The van der Waals surface area contributed by atoms with Gasteiger partial charge in [-0.05, 0) is 31.3 Å². The molecule has 0 aliphatic carbocycles. The number of aromatic nitrogens is 2. The molecule has 1 aliphatic heterocycles. The molecule has 0 N–H and O–H groups in total. The second-order valence-electron chi connectivity index (χ2n) is 7.24. The molecule has 30 heavy (non-hydrogen) atoms. The number of piperazine rings is 1. The molecule has 0 spiro atoms. The maximum atomic E-state index is 13.4. The predicted molar refractivity (Wildman–Crippen MR) is 116 cm³/mol. The molecule has 0 radical (unpaired) electrons. The second kappa shape index (κ2) is 7.89. The van der Waals surface area contributed by atoms with Crippen LogP contribution in [-0.2, 0) is 10.0 Å². The molecular weight excluding hydrogens is 400 g/mol. The van der Waals surface area contributed by atoms with E-state index in [1.807, 2.05) is 24.3 Å². The van der Waals surface area contributed by atoms with Gasteiger partial charge in [0.15, 0.2) is 5.82 Å². The number of para-hydroxylation sites is 1. The van der Waals surface area contributed by atoms with Crippen molar-refractivity contribution in [1.29, 1.82) is 5.26 Å². The molecule has 0 unspecified atom stereocenters. The van der Waals surface area contributed by atoms with Crippen LogP contribution in [0.5, 0.6) is 0 Å². The third kappa shape index (κ3) is 3.56. The molecule has 2 heterocycles. The first kappa shape index (κ1) is 20.1. The Labute approximate surface area is 176 Å². The lowest BCUT2D eigenvalue weighted by molar-refractivity contribution is 0.311. The molecule has 3 aromatic rings. The standard InChI is InChI=1S/C21H22N6O2S/c1-25-11-13-27(14-12-25)21-23-18-9-5-4-8-17(18)20(24-21)26(2)30(28,29)19-10-6-3-7-16(19)15-22/h3-10H,11-14H2,1-2H3. The van der Waals surface area contributed by atoms with Gasteiger partial charge in [0.2, 0.25) is 5.95 Å². The van der Waals surface area contributed by atoms with E-state index in [9.17, 15) is 13.7 Å². The predicted octanol–water partition coefficient (Wildman–Crippen LogP) is 2.08. The van der Waals surface area contributed by atoms with Crippen molar-refractivity contribution in [1.82, 2.24) is 14.9 Å². The summed E-state index contributed by atoms with van der Waals surface area (Å²) in [6, 6.07) is 15.5. The van der Waals surface area contributed by atoms with Crippen molar-refractivity contribution >= 4 is 32.7 Å². The largest absolute Gasteiger partial charge is 0.338 e. The van der Waals surface area contributed by atoms with E-state index in [0.717, 1.165) is 30.5 Å². The van der Waals surface area contributed by atoms with E-state index >= 15 is 0 Å². The molecule has 1 fully saturated rings. The van der Waals surface area contributed by atoms with Crippen molar-refractivity contribution in [2.75, 3.05) is 49.5 Å². The molecule has 4 rings (SSSR count). The van der Waals surface area contributed by atoms with Gasteiger partial charge < -0.3 is 9.80 Å². The average Bonchev–Trinajstić information content (AvgIpc) is 2.78. The lowest BCUT2D eigenvalue weighted by atomic mass is 10.2. The first-order valence-corrected chi connectivity index (χ1v) is 11.0. The van der Waals surface area contributed by atoms with Crippen LogP contribution in [0.2, 0.25) is 0 Å². The van der Waals surface area contributed by atoms with Crippen LogP contribution in [0.25, 0.3) is 10.9 Å². The number of likely N-dealkylation sites (N-methyl/N-ethyl adjacent to an activating group) is 1. The Bertz CT molecular complexity index is 1230. The highest BCUT2D eigenvalue weighted by Crippen LogP contribution is 2.30. The first-order valence-electron chi connectivity index (χ1n) is 9.60. The molecule has 154 valence electrons. The molecule has 1 aromatic heterocycles. The van der Waals surface area contributed by atoms with Gasteiger partial charge in [-0.15, -0.1) is 0 Å². The van der Waals surface area contributed by atoms with Crippen molar-refractivity contribution < 1.29 is 8.42 Å². The van der Waals surface area contributed by atoms with Crippen LogP contribution in [0, 0.1) is 11.3 Å². The van der Waals surface area contributed by atoms with Gasteiger partial charge in [0.1, 0.15) is 11.0 Å². The summed E-state index contributed by atoms with van der Waals surface area (Å²) in [6.45, 7) is 3.30. The minimum absolute atomic E-state index is 0.0427. The van der Waals surface area contributed by atoms with Crippen molar-refractivity contribution in [3.63, 3.8) is 0 Å². The quantitative estimate of drug-likeness (QED) is 0.635. The van der Waals surface area contributed by atoms with Crippen LogP contribution >= 0.6 is 0 Å². The topological polar surface area (TPSA) is 93.4 Å². The summed E-state index contributed by atoms with van der Waals surface area (Å²) in [5, 5.41) is 10.0. The van der Waals surface area contributed by atoms with Gasteiger partial charge in [-0.1, -0.05) is 24.3 Å². The van der Waals surface area contributed by atoms with E-state index in [1.165, 1.54) is 19.2 Å². The van der Waals surface area contributed by atoms with Crippen molar-refractivity contribution in [2.24, 2.45) is 0 Å². The molecule has 8 nitrogen and oxygen atoms in total. The number of nitrogens with zero attached hydrogens (tertiary/aromatic N) is 6. The Morgan fingerprint density at radius 3 is 2.40 bits per heavy atom. The van der Waals surface area contributed by atoms with E-state index in [2.05, 4.69) is 26.8 Å². The third-order valence-corrected chi connectivity index (χ3v) is 7.11. The molecule has 9 heteroatoms. The number of benzene rings is 2. The maximum Gasteiger partial charge on any atom is 0.266 e. The van der Waals surface area contributed by atoms with E-state index in [0.29, 0.717) is 22.7 Å². The summed E-state index contributed by atoms with van der Waals surface area (Å²) < 4.78 is 27.9. The van der Waals surface area contributed by atoms with E-state index in [4.69, 9.17) is 0 Å². The first-order chi connectivity index (χ1) is 14.4. The fourth-order valence-corrected chi connectivity index (χ4v) is 4.79. The van der Waals surface area contributed by atoms with E-state index in [-0.39, 0.29) is 10.5 Å². The smallest absolute Gasteiger partial charge is 0.266 e. The van der Waals surface area contributed by atoms with Gasteiger partial charge in [-0.25, -0.2) is 13.4 Å². The van der Waals surface area contributed by atoms with Crippen molar-refractivity contribution in [3.8, 4) is 6.07 Å². The lowest BCUT2D eigenvalue weighted by Crippen LogP contribution is -2.45. The van der Waals surface area contributed by atoms with Crippen LogP contribution in [0.1, 0.15) is 5.56 Å². The molecule has 0 bridgehead atoms. The van der Waals surface area contributed by atoms with Crippen LogP contribution in [0.3, 0.4) is 0 Å². The maximum absolute atomic E-state index is 13.4. The Balaban J connectivity index is 1.84. The van der Waals surface area contributed by atoms with Crippen LogP contribution < -0.4 is 9.21 Å². The van der Waals surface area contributed by atoms with Crippen molar-refractivity contribution in [2.45, 2.75) is 4.90 Å². The van der Waals surface area contributed by atoms with E-state index in [1.54, 1.807) is 18.2 Å². The number of anilines is 2. The fourth-order valence-electron chi connectivity index (χ4n) is 3.48. The molecule has 2 aromatic carbocycles. The number of fused-ring (bicyclic) bond motifs is 1. The van der Waals surface area contributed by atoms with Gasteiger partial charge in [0.25, 0.3) is 10.0 Å². The fraction of sp³-hybridized carbons (Fsp3) is 0.286. The SMILES string of the molecule is CN1CCN(c2nc(N(C)S(=O)(=O)c3ccccc3C#N)c3ccccc3n2)CC1. The monoisotopic (exact) mass is 422 g/mol. The van der Waals surface area contributed by atoms with Gasteiger partial charge in [0, 0.05) is 38.6 Å². The summed E-state index contributed by atoms with van der Waals surface area (Å²) in [5.74, 6) is 0.801. The number of hydrogen-bond donors (Lipinski definition) is 0. The zero-order chi connectivity index (χ0) is 21.3. The highest BCUT2D eigenvalue weighted by Gasteiger charge is 2.28. The molecule has 1 aliphatic rings. The number of nitriles is 1. The zero-order valence-corrected chi connectivity index (χ0v) is 17.7. The lowest BCUT2D eigenvalue weighted by Gasteiger charge is -2.33. The summed E-state index contributed by atoms with van der Waals surface area (Å²) >= 11 is 0. The zero-order valence-electron chi connectivity index (χ0n) is 16.9. The summed E-state index contributed by atoms with van der Waals surface area (Å²) in [7, 11) is -0.458. The minimum atomic E-state index is -3.99. The second-order valence-corrected chi connectivity index (χ2v) is 9.17. The summed E-state index contributed by atoms with van der Waals surface area (Å²) in [6.07, 6.45) is 0. The number of sulfonamides is 1. The molecular formula is C21H22N6O2S. The normalized spacial score (nSPS) is 15.2. The molecule has 0 atom stereocenters. The van der Waals surface area contributed by atoms with Crippen LogP contribution in [-0.4, -0.2) is 63.6 Å². The van der Waals surface area contributed by atoms with E-state index < -0.39 is 10.0 Å². The van der Waals surface area contributed by atoms with Crippen LogP contribution in [0.4, 0.5) is 11.8 Å². The Morgan fingerprint density at radius 2 is 1.67 bits per heavy atom. The summed E-state index contributed by atoms with van der Waals surface area (Å²) in [4.78, 5) is 13.6. The van der Waals surface area contributed by atoms with Gasteiger partial charge >= 0.3 is 0 Å². The minimum Gasteiger partial charge on any atom is -0.338 e. The highest BCUT2D eigenvalue weighted by molar-refractivity contribution is 7.92. The molecule has 0 saturated carbocycles. The number of hydrogen-bond acceptors (Lipinski definition) is 7. The van der Waals surface area contributed by atoms with Gasteiger partial charge in [-0.3, -0.25) is 4.31 Å². The Hall–Kier alpha value is -3.22. The van der Waals surface area contributed by atoms with Gasteiger partial charge in [-0.2, -0.15) is 10.2 Å².